The second kappa shape index (κ2) is 15.7. The van der Waals surface area contributed by atoms with Gasteiger partial charge >= 0.3 is 0 Å². The molecular formula is C34H64O5S2Si2. The zero-order valence-electron chi connectivity index (χ0n) is 28.7. The molecule has 0 aromatic heterocycles. The zero-order chi connectivity index (χ0) is 31.2. The van der Waals surface area contributed by atoms with Crippen LogP contribution in [-0.2, 0) is 23.1 Å². The Kier molecular flexibility index (Phi) is 13.3. The first-order chi connectivity index (χ1) is 20.4. The van der Waals surface area contributed by atoms with Gasteiger partial charge in [-0.05, 0) is 120 Å². The lowest BCUT2D eigenvalue weighted by Gasteiger charge is -2.55. The molecule has 0 N–H and O–H groups in total. The van der Waals surface area contributed by atoms with Crippen molar-refractivity contribution in [3.63, 3.8) is 0 Å². The highest BCUT2D eigenvalue weighted by molar-refractivity contribution is 8.17. The standard InChI is InChI=1S/C34H64O5S2Si2/c1-9-43(10-2,11-3)39-32(5)20-18-30(26-28(4)16-12-13-23-35-42(6,7)8)37-34(32)22-21-33(38-34)19-14-17-29(36-33)27-31-40-24-15-25-41-31/h29-31H,4,9-27H2,1-3,5-8H3/t29-,30+,32-,33-,34-/m1/s1. The maximum atomic E-state index is 7.40. The predicted octanol–water partition coefficient (Wildman–Crippen LogP) is 10.3. The Morgan fingerprint density at radius 3 is 2.28 bits per heavy atom. The van der Waals surface area contributed by atoms with Crippen molar-refractivity contribution in [1.29, 1.82) is 0 Å². The van der Waals surface area contributed by atoms with Gasteiger partial charge in [-0.25, -0.2) is 0 Å². The number of hydrogen-bond donors (Lipinski definition) is 0. The summed E-state index contributed by atoms with van der Waals surface area (Å²) in [4.78, 5) is 0. The van der Waals surface area contributed by atoms with Crippen LogP contribution in [0.4, 0.5) is 0 Å². The number of ether oxygens (including phenoxy) is 3. The van der Waals surface area contributed by atoms with E-state index in [9.17, 15) is 0 Å². The van der Waals surface area contributed by atoms with Crippen molar-refractivity contribution in [1.82, 2.24) is 0 Å². The molecule has 0 aromatic carbocycles. The van der Waals surface area contributed by atoms with E-state index in [1.165, 1.54) is 29.9 Å². The zero-order valence-corrected chi connectivity index (χ0v) is 32.4. The van der Waals surface area contributed by atoms with Crippen LogP contribution in [0.1, 0.15) is 111 Å². The third-order valence-corrected chi connectivity index (χ3v) is 19.3. The molecule has 43 heavy (non-hydrogen) atoms. The summed E-state index contributed by atoms with van der Waals surface area (Å²) in [5, 5.41) is 0. The summed E-state index contributed by atoms with van der Waals surface area (Å²) in [6.45, 7) is 21.4. The van der Waals surface area contributed by atoms with Gasteiger partial charge < -0.3 is 23.1 Å². The normalized spacial score (nSPS) is 34.3. The van der Waals surface area contributed by atoms with Crippen LogP contribution >= 0.6 is 23.5 Å². The molecule has 5 nitrogen and oxygen atoms in total. The highest BCUT2D eigenvalue weighted by Gasteiger charge is 2.65. The average molecular weight is 673 g/mol. The van der Waals surface area contributed by atoms with Gasteiger partial charge in [-0.3, -0.25) is 0 Å². The molecule has 4 heterocycles. The van der Waals surface area contributed by atoms with Gasteiger partial charge in [0.15, 0.2) is 28.2 Å². The van der Waals surface area contributed by atoms with Crippen LogP contribution in [0.15, 0.2) is 12.2 Å². The Morgan fingerprint density at radius 1 is 0.884 bits per heavy atom. The SMILES string of the molecule is C=C(CCCCO[Si](C)(C)C)C[C@@H]1CC[C@@](C)(O[Si](CC)(CC)CC)[C@]2(CC[C@@]3(CCC[C@H](CC4SCCCS4)O3)O2)O1. The summed E-state index contributed by atoms with van der Waals surface area (Å²) in [7, 11) is -3.34. The van der Waals surface area contributed by atoms with E-state index in [-0.39, 0.29) is 12.2 Å². The topological polar surface area (TPSA) is 46.2 Å². The first-order valence-corrected chi connectivity index (χ1v) is 25.7. The van der Waals surface area contributed by atoms with Crippen LogP contribution in [0, 0.1) is 0 Å². The van der Waals surface area contributed by atoms with E-state index >= 15 is 0 Å². The fourth-order valence-corrected chi connectivity index (χ4v) is 14.5. The van der Waals surface area contributed by atoms with E-state index in [0.717, 1.165) is 95.4 Å². The minimum absolute atomic E-state index is 0.118. The Balaban J connectivity index is 1.45. The minimum atomic E-state index is -1.90. The van der Waals surface area contributed by atoms with Crippen molar-refractivity contribution in [2.45, 2.75) is 183 Å². The quantitative estimate of drug-likeness (QED) is 0.0975. The molecule has 4 fully saturated rings. The molecule has 0 bridgehead atoms. The predicted molar refractivity (Wildman–Crippen MR) is 190 cm³/mol. The van der Waals surface area contributed by atoms with Crippen LogP contribution in [0.5, 0.6) is 0 Å². The van der Waals surface area contributed by atoms with E-state index in [0.29, 0.717) is 4.58 Å². The summed E-state index contributed by atoms with van der Waals surface area (Å²) >= 11 is 4.25. The van der Waals surface area contributed by atoms with Crippen LogP contribution in [0.2, 0.25) is 37.8 Å². The molecule has 0 radical (unpaired) electrons. The molecule has 0 unspecified atom stereocenters. The van der Waals surface area contributed by atoms with Gasteiger partial charge in [-0.2, -0.15) is 0 Å². The van der Waals surface area contributed by atoms with Crippen molar-refractivity contribution in [2.75, 3.05) is 18.1 Å². The molecule has 0 saturated carbocycles. The molecule has 4 rings (SSSR count). The van der Waals surface area contributed by atoms with Crippen LogP contribution in [-0.4, -0.2) is 68.7 Å². The molecule has 0 amide bonds. The molecule has 250 valence electrons. The van der Waals surface area contributed by atoms with Crippen molar-refractivity contribution in [3.8, 4) is 0 Å². The lowest BCUT2D eigenvalue weighted by molar-refractivity contribution is -0.398. The van der Waals surface area contributed by atoms with Gasteiger partial charge in [0.1, 0.15) is 5.60 Å². The Hall–Kier alpha value is 0.674. The second-order valence-electron chi connectivity index (χ2n) is 14.9. The molecule has 0 aromatic rings. The number of unbranched alkanes of at least 4 members (excludes halogenated alkanes) is 1. The van der Waals surface area contributed by atoms with Crippen molar-refractivity contribution < 1.29 is 23.1 Å². The van der Waals surface area contributed by atoms with Gasteiger partial charge in [-0.1, -0.05) is 32.9 Å². The molecule has 9 heteroatoms. The first kappa shape index (κ1) is 36.5. The van der Waals surface area contributed by atoms with Crippen molar-refractivity contribution in [2.24, 2.45) is 0 Å². The summed E-state index contributed by atoms with van der Waals surface area (Å²) in [5.41, 5.74) is 0.837. The summed E-state index contributed by atoms with van der Waals surface area (Å²) < 4.78 is 35.6. The van der Waals surface area contributed by atoms with E-state index in [4.69, 9.17) is 23.1 Å². The van der Waals surface area contributed by atoms with E-state index in [1.807, 2.05) is 0 Å². The second-order valence-corrected chi connectivity index (χ2v) is 27.0. The highest BCUT2D eigenvalue weighted by atomic mass is 32.2. The number of hydrogen-bond acceptors (Lipinski definition) is 7. The molecule has 0 aliphatic carbocycles. The molecule has 4 saturated heterocycles. The van der Waals surface area contributed by atoms with Crippen LogP contribution in [0.25, 0.3) is 0 Å². The van der Waals surface area contributed by atoms with Crippen molar-refractivity contribution in [3.05, 3.63) is 12.2 Å². The van der Waals surface area contributed by atoms with Crippen LogP contribution in [0.3, 0.4) is 0 Å². The first-order valence-electron chi connectivity index (χ1n) is 17.7. The van der Waals surface area contributed by atoms with Crippen molar-refractivity contribution >= 4 is 40.2 Å². The summed E-state index contributed by atoms with van der Waals surface area (Å²) in [5.74, 6) is 1.28. The third-order valence-electron chi connectivity index (χ3n) is 10.5. The Bertz CT molecular complexity index is 884. The Labute approximate surface area is 275 Å². The molecule has 4 aliphatic heterocycles. The average Bonchev–Trinajstić information content (AvgIpc) is 3.32. The lowest BCUT2D eigenvalue weighted by Crippen LogP contribution is -2.65. The fourth-order valence-electron chi connectivity index (χ4n) is 7.62. The van der Waals surface area contributed by atoms with E-state index in [2.05, 4.69) is 77.4 Å². The molecule has 5 atom stereocenters. The maximum Gasteiger partial charge on any atom is 0.199 e. The molecule has 4 aliphatic rings. The van der Waals surface area contributed by atoms with Gasteiger partial charge in [0.05, 0.1) is 16.8 Å². The minimum Gasteiger partial charge on any atom is -0.418 e. The largest absolute Gasteiger partial charge is 0.418 e. The summed E-state index contributed by atoms with van der Waals surface area (Å²) in [6, 6.07) is 3.40. The molecule has 2 spiro atoms. The van der Waals surface area contributed by atoms with E-state index in [1.54, 1.807) is 0 Å². The molecular weight excluding hydrogens is 609 g/mol. The maximum absolute atomic E-state index is 7.40. The van der Waals surface area contributed by atoms with Gasteiger partial charge in [0, 0.05) is 25.9 Å². The number of thioether (sulfide) groups is 2. The highest BCUT2D eigenvalue weighted by Crippen LogP contribution is 2.56. The monoisotopic (exact) mass is 672 g/mol. The smallest absolute Gasteiger partial charge is 0.199 e. The number of rotatable bonds is 15. The van der Waals surface area contributed by atoms with E-state index < -0.39 is 33.8 Å². The van der Waals surface area contributed by atoms with Crippen LogP contribution < -0.4 is 0 Å². The lowest BCUT2D eigenvalue weighted by atomic mass is 9.82. The fraction of sp³-hybridized carbons (Fsp3) is 0.941. The summed E-state index contributed by atoms with van der Waals surface area (Å²) in [6.07, 6.45) is 14.0. The third kappa shape index (κ3) is 9.62. The Morgan fingerprint density at radius 2 is 1.60 bits per heavy atom. The van der Waals surface area contributed by atoms with Gasteiger partial charge in [-0.15, -0.1) is 23.5 Å². The van der Waals surface area contributed by atoms with Gasteiger partial charge in [0.2, 0.25) is 0 Å². The van der Waals surface area contributed by atoms with Gasteiger partial charge in [0.25, 0.3) is 0 Å².